The van der Waals surface area contributed by atoms with Crippen LogP contribution in [0.1, 0.15) is 47.0 Å². The van der Waals surface area contributed by atoms with E-state index in [0.717, 1.165) is 19.5 Å². The van der Waals surface area contributed by atoms with Crippen molar-refractivity contribution in [1.82, 2.24) is 10.2 Å². The summed E-state index contributed by atoms with van der Waals surface area (Å²) in [5, 5.41) is 3.04. The first-order valence-corrected chi connectivity index (χ1v) is 6.64. The van der Waals surface area contributed by atoms with E-state index in [1.807, 2.05) is 6.92 Å². The number of primary amides is 1. The third-order valence-electron chi connectivity index (χ3n) is 3.63. The molecule has 0 aromatic heterocycles. The summed E-state index contributed by atoms with van der Waals surface area (Å²) in [6.07, 6.45) is 3.14. The number of hydrogen-bond acceptors (Lipinski definition) is 3. The number of carbonyl (C=O) groups excluding carboxylic acids is 1. The highest BCUT2D eigenvalue weighted by Crippen LogP contribution is 2.16. The van der Waals surface area contributed by atoms with Gasteiger partial charge in [0.1, 0.15) is 0 Å². The molecule has 0 spiro atoms. The molecule has 0 aromatic carbocycles. The van der Waals surface area contributed by atoms with Crippen molar-refractivity contribution in [3.63, 3.8) is 0 Å². The Balaban J connectivity index is 4.46. The quantitative estimate of drug-likeness (QED) is 0.643. The normalized spacial score (nSPS) is 16.8. The molecule has 0 fully saturated rings. The first-order valence-electron chi connectivity index (χ1n) is 6.64. The van der Waals surface area contributed by atoms with Crippen LogP contribution in [0.3, 0.4) is 0 Å². The molecule has 0 aromatic rings. The summed E-state index contributed by atoms with van der Waals surface area (Å²) in [5.74, 6) is -0.279. The fraction of sp³-hybridized carbons (Fsp3) is 0.923. The summed E-state index contributed by atoms with van der Waals surface area (Å²) in [6, 6.07) is 0.358. The predicted molar refractivity (Wildman–Crippen MR) is 72.9 cm³/mol. The van der Waals surface area contributed by atoms with E-state index in [1.54, 1.807) is 7.05 Å². The monoisotopic (exact) mass is 243 g/mol. The molecule has 0 saturated carbocycles. The zero-order chi connectivity index (χ0) is 13.5. The summed E-state index contributed by atoms with van der Waals surface area (Å²) in [6.45, 7) is 10.5. The Morgan fingerprint density at radius 1 is 1.47 bits per heavy atom. The van der Waals surface area contributed by atoms with Crippen LogP contribution in [0.25, 0.3) is 0 Å². The van der Waals surface area contributed by atoms with E-state index in [4.69, 9.17) is 5.73 Å². The molecule has 2 unspecified atom stereocenters. The maximum Gasteiger partial charge on any atom is 0.237 e. The van der Waals surface area contributed by atoms with Crippen LogP contribution >= 0.6 is 0 Å². The molecular weight excluding hydrogens is 214 g/mol. The number of nitrogens with one attached hydrogen (secondary N) is 1. The van der Waals surface area contributed by atoms with E-state index in [-0.39, 0.29) is 5.91 Å². The fourth-order valence-electron chi connectivity index (χ4n) is 2.10. The van der Waals surface area contributed by atoms with Gasteiger partial charge in [-0.3, -0.25) is 4.79 Å². The molecule has 17 heavy (non-hydrogen) atoms. The number of rotatable bonds is 9. The second-order valence-corrected chi connectivity index (χ2v) is 4.98. The molecule has 4 heteroatoms. The van der Waals surface area contributed by atoms with Crippen molar-refractivity contribution < 1.29 is 4.79 Å². The van der Waals surface area contributed by atoms with Crippen molar-refractivity contribution in [3.8, 4) is 0 Å². The molecule has 0 bridgehead atoms. The maximum atomic E-state index is 11.5. The standard InChI is InChI=1S/C13H29N3O/c1-6-8-9-16(7-2)11(3)10-13(4,15-5)12(14)17/h11,15H,6-10H2,1-5H3,(H2,14,17). The van der Waals surface area contributed by atoms with Crippen LogP contribution in [-0.4, -0.2) is 42.5 Å². The van der Waals surface area contributed by atoms with E-state index in [1.165, 1.54) is 12.8 Å². The minimum absolute atomic E-state index is 0.279. The Labute approximate surface area is 106 Å². The van der Waals surface area contributed by atoms with Gasteiger partial charge in [0.25, 0.3) is 0 Å². The van der Waals surface area contributed by atoms with Gasteiger partial charge in [0.05, 0.1) is 5.54 Å². The van der Waals surface area contributed by atoms with E-state index >= 15 is 0 Å². The number of carbonyl (C=O) groups is 1. The largest absolute Gasteiger partial charge is 0.368 e. The van der Waals surface area contributed by atoms with E-state index < -0.39 is 5.54 Å². The lowest BCUT2D eigenvalue weighted by molar-refractivity contribution is -0.124. The minimum Gasteiger partial charge on any atom is -0.368 e. The van der Waals surface area contributed by atoms with E-state index in [2.05, 4.69) is 31.0 Å². The molecule has 0 radical (unpaired) electrons. The third kappa shape index (κ3) is 5.04. The predicted octanol–water partition coefficient (Wildman–Crippen LogP) is 1.35. The number of hydrogen-bond donors (Lipinski definition) is 2. The molecule has 0 aliphatic carbocycles. The van der Waals surface area contributed by atoms with Gasteiger partial charge in [-0.05, 0) is 46.8 Å². The van der Waals surface area contributed by atoms with Gasteiger partial charge in [-0.25, -0.2) is 0 Å². The highest BCUT2D eigenvalue weighted by Gasteiger charge is 2.32. The molecule has 1 amide bonds. The minimum atomic E-state index is -0.612. The van der Waals surface area contributed by atoms with Crippen LogP contribution in [0, 0.1) is 0 Å². The Morgan fingerprint density at radius 2 is 2.06 bits per heavy atom. The summed E-state index contributed by atoms with van der Waals surface area (Å²) < 4.78 is 0. The number of unbranched alkanes of at least 4 members (excludes halogenated alkanes) is 1. The first kappa shape index (κ1) is 16.4. The Hall–Kier alpha value is -0.610. The zero-order valence-corrected chi connectivity index (χ0v) is 12.0. The van der Waals surface area contributed by atoms with Gasteiger partial charge >= 0.3 is 0 Å². The highest BCUT2D eigenvalue weighted by molar-refractivity contribution is 5.84. The number of nitrogens with zero attached hydrogens (tertiary/aromatic N) is 1. The van der Waals surface area contributed by atoms with Crippen molar-refractivity contribution in [2.45, 2.75) is 58.5 Å². The highest BCUT2D eigenvalue weighted by atomic mass is 16.1. The number of amides is 1. The average molecular weight is 243 g/mol. The summed E-state index contributed by atoms with van der Waals surface area (Å²) in [4.78, 5) is 13.9. The van der Waals surface area contributed by atoms with Crippen LogP contribution < -0.4 is 11.1 Å². The SMILES string of the molecule is CCCCN(CC)C(C)CC(C)(NC)C(N)=O. The zero-order valence-electron chi connectivity index (χ0n) is 12.0. The summed E-state index contributed by atoms with van der Waals surface area (Å²) in [5.41, 5.74) is 4.84. The molecule has 0 aliphatic heterocycles. The number of nitrogens with two attached hydrogens (primary N) is 1. The van der Waals surface area contributed by atoms with Crippen LogP contribution in [0.2, 0.25) is 0 Å². The first-order chi connectivity index (χ1) is 7.91. The van der Waals surface area contributed by atoms with Crippen LogP contribution in [-0.2, 0) is 4.79 Å². The second-order valence-electron chi connectivity index (χ2n) is 4.98. The second kappa shape index (κ2) is 7.67. The molecule has 0 saturated heterocycles. The van der Waals surface area contributed by atoms with Crippen molar-refractivity contribution in [2.24, 2.45) is 5.73 Å². The molecule has 0 heterocycles. The van der Waals surface area contributed by atoms with Crippen molar-refractivity contribution >= 4 is 5.91 Å². The third-order valence-corrected chi connectivity index (χ3v) is 3.63. The molecule has 2 atom stereocenters. The molecular formula is C13H29N3O. The lowest BCUT2D eigenvalue weighted by Gasteiger charge is -2.34. The van der Waals surface area contributed by atoms with Gasteiger partial charge in [0, 0.05) is 6.04 Å². The topological polar surface area (TPSA) is 58.4 Å². The molecule has 0 rings (SSSR count). The summed E-state index contributed by atoms with van der Waals surface area (Å²) >= 11 is 0. The van der Waals surface area contributed by atoms with E-state index in [9.17, 15) is 4.79 Å². The van der Waals surface area contributed by atoms with Crippen molar-refractivity contribution in [1.29, 1.82) is 0 Å². The lowest BCUT2D eigenvalue weighted by Crippen LogP contribution is -2.55. The molecule has 4 nitrogen and oxygen atoms in total. The van der Waals surface area contributed by atoms with Gasteiger partial charge < -0.3 is 16.0 Å². The molecule has 3 N–H and O–H groups in total. The smallest absolute Gasteiger partial charge is 0.237 e. The fourth-order valence-corrected chi connectivity index (χ4v) is 2.10. The lowest BCUT2D eigenvalue weighted by atomic mass is 9.92. The van der Waals surface area contributed by atoms with Crippen LogP contribution in [0.15, 0.2) is 0 Å². The molecule has 102 valence electrons. The van der Waals surface area contributed by atoms with Gasteiger partial charge in [-0.1, -0.05) is 20.3 Å². The molecule has 0 aliphatic rings. The Kier molecular flexibility index (Phi) is 7.39. The number of likely N-dealkylation sites (N-methyl/N-ethyl adjacent to an activating group) is 1. The van der Waals surface area contributed by atoms with Crippen LogP contribution in [0.5, 0.6) is 0 Å². The van der Waals surface area contributed by atoms with Crippen LogP contribution in [0.4, 0.5) is 0 Å². The maximum absolute atomic E-state index is 11.5. The van der Waals surface area contributed by atoms with Gasteiger partial charge in [0.2, 0.25) is 5.91 Å². The average Bonchev–Trinajstić information content (AvgIpc) is 2.29. The summed E-state index contributed by atoms with van der Waals surface area (Å²) in [7, 11) is 1.79. The van der Waals surface area contributed by atoms with Crippen molar-refractivity contribution in [3.05, 3.63) is 0 Å². The van der Waals surface area contributed by atoms with E-state index in [0.29, 0.717) is 6.04 Å². The van der Waals surface area contributed by atoms with Gasteiger partial charge in [-0.15, -0.1) is 0 Å². The Morgan fingerprint density at radius 3 is 2.41 bits per heavy atom. The Bertz CT molecular complexity index is 233. The van der Waals surface area contributed by atoms with Gasteiger partial charge in [0.15, 0.2) is 0 Å². The van der Waals surface area contributed by atoms with Gasteiger partial charge in [-0.2, -0.15) is 0 Å². The van der Waals surface area contributed by atoms with Crippen molar-refractivity contribution in [2.75, 3.05) is 20.1 Å².